The fraction of sp³-hybridized carbons (Fsp3) is 0.524. The minimum atomic E-state index is -0.221. The topological polar surface area (TPSA) is 41.0 Å². The third-order valence-electron chi connectivity index (χ3n) is 7.01. The molecule has 2 atom stereocenters. The molecule has 28 heavy (non-hydrogen) atoms. The summed E-state index contributed by atoms with van der Waals surface area (Å²) >= 11 is 9.01. The summed E-state index contributed by atoms with van der Waals surface area (Å²) in [5.74, 6) is 0.201. The zero-order valence-corrected chi connectivity index (χ0v) is 18.2. The standard InChI is InChI=1S/C21H23BrFN3OS/c1-25(13-4-2-3-5-13)18(27)9-17-19-15-10-21(15,11-26(19)20(28)24-17)14-8-12(22)6-7-16(14)23/h6-8,13,15H,2-5,9-11H2,1H3,(H,24,28)/t15?,21-/m1/s1. The molecule has 2 heterocycles. The van der Waals surface area contributed by atoms with E-state index in [1.807, 2.05) is 18.0 Å². The minimum absolute atomic E-state index is 0.137. The normalized spacial score (nSPS) is 25.6. The number of nitrogens with zero attached hydrogens (tertiary/aromatic N) is 2. The van der Waals surface area contributed by atoms with Crippen molar-refractivity contribution in [2.24, 2.45) is 0 Å². The number of imidazole rings is 1. The van der Waals surface area contributed by atoms with Crippen molar-refractivity contribution in [3.05, 3.63) is 50.2 Å². The molecule has 5 rings (SSSR count). The van der Waals surface area contributed by atoms with Gasteiger partial charge in [-0.3, -0.25) is 4.79 Å². The first kappa shape index (κ1) is 18.6. The number of halogens is 2. The summed E-state index contributed by atoms with van der Waals surface area (Å²) in [4.78, 5) is 18.1. The van der Waals surface area contributed by atoms with E-state index in [4.69, 9.17) is 12.2 Å². The maximum absolute atomic E-state index is 14.6. The van der Waals surface area contributed by atoms with Gasteiger partial charge in [0.25, 0.3) is 0 Å². The number of rotatable bonds is 4. The average Bonchev–Trinajstić information content (AvgIpc) is 3.04. The lowest BCUT2D eigenvalue weighted by Crippen LogP contribution is -2.36. The molecule has 1 aliphatic heterocycles. The van der Waals surface area contributed by atoms with Gasteiger partial charge in [0.2, 0.25) is 5.91 Å². The van der Waals surface area contributed by atoms with Crippen molar-refractivity contribution in [3.8, 4) is 0 Å². The van der Waals surface area contributed by atoms with Crippen LogP contribution in [0.5, 0.6) is 0 Å². The third-order valence-corrected chi connectivity index (χ3v) is 7.82. The van der Waals surface area contributed by atoms with Crippen LogP contribution in [0.15, 0.2) is 22.7 Å². The van der Waals surface area contributed by atoms with Crippen LogP contribution in [0.25, 0.3) is 0 Å². The molecular formula is C21H23BrFN3OS. The molecule has 3 aliphatic rings. The number of fused-ring (bicyclic) bond motifs is 3. The monoisotopic (exact) mass is 463 g/mol. The van der Waals surface area contributed by atoms with Gasteiger partial charge in [-0.25, -0.2) is 4.39 Å². The Kier molecular flexibility index (Phi) is 4.32. The quantitative estimate of drug-likeness (QED) is 0.659. The molecule has 148 valence electrons. The van der Waals surface area contributed by atoms with Crippen molar-refractivity contribution < 1.29 is 9.18 Å². The number of H-pyrrole nitrogens is 1. The molecule has 0 spiro atoms. The highest BCUT2D eigenvalue weighted by atomic mass is 79.9. The fourth-order valence-corrected chi connectivity index (χ4v) is 6.02. The van der Waals surface area contributed by atoms with Crippen molar-refractivity contribution in [2.45, 2.75) is 62.4 Å². The van der Waals surface area contributed by atoms with Crippen LogP contribution in [0.3, 0.4) is 0 Å². The van der Waals surface area contributed by atoms with Gasteiger partial charge in [0, 0.05) is 46.8 Å². The SMILES string of the molecule is CN(C(=O)Cc1[nH]c(=S)n2c1C1C[C@]1(c1cc(Br)ccc1F)C2)C1CCCC1. The first-order valence-corrected chi connectivity index (χ1v) is 11.1. The molecule has 1 amide bonds. The lowest BCUT2D eigenvalue weighted by Gasteiger charge is -2.24. The third kappa shape index (κ3) is 2.73. The van der Waals surface area contributed by atoms with Crippen LogP contribution in [0, 0.1) is 10.6 Å². The van der Waals surface area contributed by atoms with Gasteiger partial charge in [0.05, 0.1) is 6.42 Å². The number of nitrogens with one attached hydrogen (secondary N) is 1. The second kappa shape index (κ2) is 6.52. The Bertz CT molecular complexity index is 1030. The number of amides is 1. The number of carbonyl (C=O) groups excluding carboxylic acids is 1. The van der Waals surface area contributed by atoms with Gasteiger partial charge in [-0.15, -0.1) is 0 Å². The van der Waals surface area contributed by atoms with E-state index in [1.165, 1.54) is 18.9 Å². The second-order valence-corrected chi connectivity index (χ2v) is 9.84. The summed E-state index contributed by atoms with van der Waals surface area (Å²) < 4.78 is 18.2. The van der Waals surface area contributed by atoms with Gasteiger partial charge in [0.1, 0.15) is 5.82 Å². The molecule has 2 aromatic rings. The van der Waals surface area contributed by atoms with Crippen molar-refractivity contribution in [2.75, 3.05) is 7.05 Å². The van der Waals surface area contributed by atoms with Crippen LogP contribution < -0.4 is 0 Å². The number of likely N-dealkylation sites (N-methyl/N-ethyl adjacent to an activating group) is 1. The molecule has 2 aliphatic carbocycles. The first-order valence-electron chi connectivity index (χ1n) is 9.93. The van der Waals surface area contributed by atoms with Crippen LogP contribution in [0.2, 0.25) is 0 Å². The number of aromatic nitrogens is 2. The molecule has 2 fully saturated rings. The van der Waals surface area contributed by atoms with E-state index >= 15 is 0 Å². The molecule has 1 aromatic heterocycles. The van der Waals surface area contributed by atoms with Crippen LogP contribution in [-0.4, -0.2) is 33.4 Å². The smallest absolute Gasteiger partial charge is 0.228 e. The lowest BCUT2D eigenvalue weighted by atomic mass is 9.93. The molecule has 0 bridgehead atoms. The van der Waals surface area contributed by atoms with Gasteiger partial charge >= 0.3 is 0 Å². The Morgan fingerprint density at radius 3 is 2.93 bits per heavy atom. The summed E-state index contributed by atoms with van der Waals surface area (Å²) in [5, 5.41) is 0. The van der Waals surface area contributed by atoms with Crippen LogP contribution in [0.1, 0.15) is 55.0 Å². The maximum atomic E-state index is 14.6. The molecule has 0 saturated heterocycles. The zero-order chi connectivity index (χ0) is 19.6. The Hall–Kier alpha value is -1.47. The Morgan fingerprint density at radius 1 is 1.43 bits per heavy atom. The first-order chi connectivity index (χ1) is 13.4. The molecule has 7 heteroatoms. The lowest BCUT2D eigenvalue weighted by molar-refractivity contribution is -0.131. The van der Waals surface area contributed by atoms with E-state index in [2.05, 4.69) is 25.5 Å². The summed E-state index contributed by atoms with van der Waals surface area (Å²) in [7, 11) is 1.92. The molecule has 0 radical (unpaired) electrons. The van der Waals surface area contributed by atoms with Crippen molar-refractivity contribution in [3.63, 3.8) is 0 Å². The highest BCUT2D eigenvalue weighted by Crippen LogP contribution is 2.66. The van der Waals surface area contributed by atoms with E-state index in [0.29, 0.717) is 23.8 Å². The Labute approximate surface area is 177 Å². The molecule has 4 nitrogen and oxygen atoms in total. The highest BCUT2D eigenvalue weighted by Gasteiger charge is 2.63. The highest BCUT2D eigenvalue weighted by molar-refractivity contribution is 9.10. The van der Waals surface area contributed by atoms with Gasteiger partial charge in [-0.1, -0.05) is 28.8 Å². The van der Waals surface area contributed by atoms with Crippen molar-refractivity contribution in [1.82, 2.24) is 14.5 Å². The van der Waals surface area contributed by atoms with Crippen LogP contribution >= 0.6 is 28.1 Å². The van der Waals surface area contributed by atoms with Gasteiger partial charge in [0.15, 0.2) is 4.77 Å². The van der Waals surface area contributed by atoms with E-state index in [-0.39, 0.29) is 23.1 Å². The predicted octanol–water partition coefficient (Wildman–Crippen LogP) is 4.83. The predicted molar refractivity (Wildman–Crippen MR) is 111 cm³/mol. The number of carbonyl (C=O) groups is 1. The Morgan fingerprint density at radius 2 is 2.18 bits per heavy atom. The van der Waals surface area contributed by atoms with Crippen molar-refractivity contribution >= 4 is 34.1 Å². The van der Waals surface area contributed by atoms with Gasteiger partial charge in [-0.05, 0) is 55.2 Å². The number of aromatic amines is 1. The summed E-state index contributed by atoms with van der Waals surface area (Å²) in [6.45, 7) is 0.683. The molecule has 2 saturated carbocycles. The van der Waals surface area contributed by atoms with Crippen LogP contribution in [0.4, 0.5) is 4.39 Å². The Balaban J connectivity index is 1.43. The fourth-order valence-electron chi connectivity index (χ4n) is 5.38. The minimum Gasteiger partial charge on any atom is -0.342 e. The number of hydrogen-bond donors (Lipinski definition) is 1. The number of hydrogen-bond acceptors (Lipinski definition) is 2. The van der Waals surface area contributed by atoms with Crippen LogP contribution in [-0.2, 0) is 23.2 Å². The average molecular weight is 464 g/mol. The molecule has 1 aromatic carbocycles. The van der Waals surface area contributed by atoms with E-state index in [1.54, 1.807) is 6.07 Å². The van der Waals surface area contributed by atoms with E-state index < -0.39 is 0 Å². The molecular weight excluding hydrogens is 441 g/mol. The summed E-state index contributed by atoms with van der Waals surface area (Å²) in [6.07, 6.45) is 5.85. The molecule has 1 N–H and O–H groups in total. The van der Waals surface area contributed by atoms with Gasteiger partial charge in [-0.2, -0.15) is 0 Å². The maximum Gasteiger partial charge on any atom is 0.228 e. The molecule has 1 unspecified atom stereocenters. The zero-order valence-electron chi connectivity index (χ0n) is 15.8. The second-order valence-electron chi connectivity index (χ2n) is 8.54. The van der Waals surface area contributed by atoms with Crippen molar-refractivity contribution in [1.29, 1.82) is 0 Å². The summed E-state index contributed by atoms with van der Waals surface area (Å²) in [6, 6.07) is 5.52. The summed E-state index contributed by atoms with van der Waals surface area (Å²) in [5.41, 5.74) is 2.56. The van der Waals surface area contributed by atoms with E-state index in [0.717, 1.165) is 40.7 Å². The number of benzene rings is 1. The van der Waals surface area contributed by atoms with E-state index in [9.17, 15) is 9.18 Å². The largest absolute Gasteiger partial charge is 0.342 e. The van der Waals surface area contributed by atoms with Gasteiger partial charge < -0.3 is 14.5 Å².